The van der Waals surface area contributed by atoms with E-state index in [1.54, 1.807) is 0 Å². The lowest BCUT2D eigenvalue weighted by molar-refractivity contribution is 0.0692. The van der Waals surface area contributed by atoms with E-state index in [0.29, 0.717) is 0 Å². The maximum atomic E-state index is 2.60. The van der Waals surface area contributed by atoms with Crippen LogP contribution in [0.2, 0.25) is 0 Å². The van der Waals surface area contributed by atoms with Crippen LogP contribution in [0.4, 0.5) is 0 Å². The molecule has 0 aromatic carbocycles. The highest BCUT2D eigenvalue weighted by atomic mass is 14.4. The van der Waals surface area contributed by atoms with E-state index in [1.807, 2.05) is 0 Å². The van der Waals surface area contributed by atoms with Gasteiger partial charge >= 0.3 is 0 Å². The smallest absolute Gasteiger partial charge is 0.0355 e. The van der Waals surface area contributed by atoms with Crippen molar-refractivity contribution in [1.82, 2.24) is 0 Å². The Labute approximate surface area is 149 Å². The predicted molar refractivity (Wildman–Crippen MR) is 108 cm³/mol. The number of rotatable bonds is 13. The summed E-state index contributed by atoms with van der Waals surface area (Å²) in [4.78, 5) is 0. The minimum atomic E-state index is 0.829. The van der Waals surface area contributed by atoms with Crippen molar-refractivity contribution >= 4 is 0 Å². The quantitative estimate of drug-likeness (QED) is 0.320. The Morgan fingerprint density at radius 1 is 0.522 bits per heavy atom. The van der Waals surface area contributed by atoms with Crippen LogP contribution in [-0.2, 0) is 0 Å². The monoisotopic (exact) mass is 324 g/mol. The molecule has 0 aromatic rings. The van der Waals surface area contributed by atoms with E-state index in [-0.39, 0.29) is 0 Å². The molecule has 0 aromatic heterocycles. The molecule has 23 heavy (non-hydrogen) atoms. The zero-order valence-electron chi connectivity index (χ0n) is 18.0. The molecule has 0 aliphatic heterocycles. The van der Waals surface area contributed by atoms with Crippen LogP contribution >= 0.6 is 0 Å². The van der Waals surface area contributed by atoms with Crippen LogP contribution in [0.1, 0.15) is 107 Å². The SMILES string of the molecule is CCCC(C(C)C)C(CCC)C(C)C(CC)C(CC)C(C)CC. The van der Waals surface area contributed by atoms with Crippen molar-refractivity contribution in [2.24, 2.45) is 41.4 Å². The zero-order valence-corrected chi connectivity index (χ0v) is 18.0. The molecule has 0 N–H and O–H groups in total. The van der Waals surface area contributed by atoms with E-state index in [2.05, 4.69) is 62.3 Å². The van der Waals surface area contributed by atoms with E-state index >= 15 is 0 Å². The maximum absolute atomic E-state index is 2.60. The van der Waals surface area contributed by atoms with Gasteiger partial charge in [-0.05, 0) is 41.4 Å². The first-order valence-electron chi connectivity index (χ1n) is 10.9. The Morgan fingerprint density at radius 3 is 1.35 bits per heavy atom. The van der Waals surface area contributed by atoms with Gasteiger partial charge in [0.25, 0.3) is 0 Å². The fourth-order valence-electron chi connectivity index (χ4n) is 5.39. The molecule has 0 saturated carbocycles. The van der Waals surface area contributed by atoms with Gasteiger partial charge in [-0.3, -0.25) is 0 Å². The second-order valence-electron chi connectivity index (χ2n) is 8.54. The minimum Gasteiger partial charge on any atom is -0.0654 e. The molecule has 6 unspecified atom stereocenters. The summed E-state index contributed by atoms with van der Waals surface area (Å²) in [6.45, 7) is 22.0. The first kappa shape index (κ1) is 23.0. The molecule has 0 bridgehead atoms. The van der Waals surface area contributed by atoms with Gasteiger partial charge in [0.05, 0.1) is 0 Å². The lowest BCUT2D eigenvalue weighted by atomic mass is 9.63. The first-order chi connectivity index (χ1) is 10.9. The largest absolute Gasteiger partial charge is 0.0654 e. The molecular weight excluding hydrogens is 276 g/mol. The molecule has 0 nitrogen and oxygen atoms in total. The molecule has 0 spiro atoms. The van der Waals surface area contributed by atoms with Gasteiger partial charge < -0.3 is 0 Å². The lowest BCUT2D eigenvalue weighted by Gasteiger charge is -2.42. The van der Waals surface area contributed by atoms with Gasteiger partial charge in [-0.25, -0.2) is 0 Å². The van der Waals surface area contributed by atoms with Crippen molar-refractivity contribution < 1.29 is 0 Å². The van der Waals surface area contributed by atoms with Crippen molar-refractivity contribution in [3.05, 3.63) is 0 Å². The minimum absolute atomic E-state index is 0.829. The summed E-state index contributed by atoms with van der Waals surface area (Å²) in [7, 11) is 0. The lowest BCUT2D eigenvalue weighted by Crippen LogP contribution is -2.35. The molecule has 0 aliphatic rings. The zero-order chi connectivity index (χ0) is 18.0. The van der Waals surface area contributed by atoms with Crippen LogP contribution < -0.4 is 0 Å². The molecule has 0 radical (unpaired) electrons. The van der Waals surface area contributed by atoms with Crippen LogP contribution in [0.15, 0.2) is 0 Å². The van der Waals surface area contributed by atoms with Gasteiger partial charge in [-0.1, -0.05) is 107 Å². The standard InChI is InChI=1S/C23H48/c1-10-15-22(17(6)7)23(16-11-2)19(9)21(14-5)20(13-4)18(8)12-3/h17-23H,10-16H2,1-9H3. The van der Waals surface area contributed by atoms with Gasteiger partial charge in [0.15, 0.2) is 0 Å². The Kier molecular flexibility index (Phi) is 12.4. The van der Waals surface area contributed by atoms with Crippen molar-refractivity contribution in [3.8, 4) is 0 Å². The van der Waals surface area contributed by atoms with Crippen LogP contribution in [0, 0.1) is 41.4 Å². The normalized spacial score (nSPS) is 20.1. The van der Waals surface area contributed by atoms with E-state index in [0.717, 1.165) is 41.4 Å². The van der Waals surface area contributed by atoms with Crippen LogP contribution in [-0.4, -0.2) is 0 Å². The molecule has 0 fully saturated rings. The summed E-state index contributed by atoms with van der Waals surface area (Å²) < 4.78 is 0. The Bertz CT molecular complexity index is 267. The van der Waals surface area contributed by atoms with Crippen molar-refractivity contribution in [3.63, 3.8) is 0 Å². The van der Waals surface area contributed by atoms with Crippen LogP contribution in [0.5, 0.6) is 0 Å². The third kappa shape index (κ3) is 6.79. The summed E-state index contributed by atoms with van der Waals surface area (Å²) in [5.41, 5.74) is 0. The molecule has 140 valence electrons. The Morgan fingerprint density at radius 2 is 1.00 bits per heavy atom. The second kappa shape index (κ2) is 12.4. The molecule has 0 amide bonds. The average molecular weight is 325 g/mol. The highest BCUT2D eigenvalue weighted by molar-refractivity contribution is 4.84. The first-order valence-corrected chi connectivity index (χ1v) is 10.9. The Hall–Kier alpha value is 0. The fourth-order valence-corrected chi connectivity index (χ4v) is 5.39. The third-order valence-corrected chi connectivity index (χ3v) is 6.87. The average Bonchev–Trinajstić information content (AvgIpc) is 2.54. The molecular formula is C23H48. The molecule has 0 aliphatic carbocycles. The van der Waals surface area contributed by atoms with Gasteiger partial charge in [-0.15, -0.1) is 0 Å². The Balaban J connectivity index is 5.40. The van der Waals surface area contributed by atoms with E-state index in [9.17, 15) is 0 Å². The predicted octanol–water partition coefficient (Wildman–Crippen LogP) is 8.21. The van der Waals surface area contributed by atoms with Crippen molar-refractivity contribution in [1.29, 1.82) is 0 Å². The highest BCUT2D eigenvalue weighted by Gasteiger charge is 2.35. The highest BCUT2D eigenvalue weighted by Crippen LogP contribution is 2.43. The van der Waals surface area contributed by atoms with Gasteiger partial charge in [0.2, 0.25) is 0 Å². The maximum Gasteiger partial charge on any atom is -0.0355 e. The molecule has 0 rings (SSSR count). The summed E-state index contributed by atoms with van der Waals surface area (Å²) >= 11 is 0. The fraction of sp³-hybridized carbons (Fsp3) is 1.00. The van der Waals surface area contributed by atoms with E-state index < -0.39 is 0 Å². The van der Waals surface area contributed by atoms with Crippen LogP contribution in [0.3, 0.4) is 0 Å². The molecule has 0 heterocycles. The van der Waals surface area contributed by atoms with Gasteiger partial charge in [0, 0.05) is 0 Å². The third-order valence-electron chi connectivity index (χ3n) is 6.87. The topological polar surface area (TPSA) is 0 Å². The summed E-state index contributed by atoms with van der Waals surface area (Å²) in [6, 6.07) is 0. The van der Waals surface area contributed by atoms with Gasteiger partial charge in [-0.2, -0.15) is 0 Å². The molecule has 6 atom stereocenters. The van der Waals surface area contributed by atoms with Gasteiger partial charge in [0.1, 0.15) is 0 Å². The molecule has 0 saturated heterocycles. The number of hydrogen-bond donors (Lipinski definition) is 0. The summed E-state index contributed by atoms with van der Waals surface area (Å²) in [6.07, 6.45) is 9.59. The summed E-state index contributed by atoms with van der Waals surface area (Å²) in [5, 5.41) is 0. The van der Waals surface area contributed by atoms with Crippen LogP contribution in [0.25, 0.3) is 0 Å². The number of hydrogen-bond acceptors (Lipinski definition) is 0. The summed E-state index contributed by atoms with van der Waals surface area (Å²) in [5.74, 6) is 6.23. The van der Waals surface area contributed by atoms with E-state index in [1.165, 1.54) is 44.9 Å². The molecule has 0 heteroatoms. The van der Waals surface area contributed by atoms with E-state index in [4.69, 9.17) is 0 Å². The van der Waals surface area contributed by atoms with Crippen molar-refractivity contribution in [2.75, 3.05) is 0 Å². The second-order valence-corrected chi connectivity index (χ2v) is 8.54. The van der Waals surface area contributed by atoms with Crippen molar-refractivity contribution in [2.45, 2.75) is 107 Å².